The van der Waals surface area contributed by atoms with Crippen LogP contribution in [0.4, 0.5) is 0 Å². The molecule has 5 heteroatoms. The van der Waals surface area contributed by atoms with Gasteiger partial charge in [0.25, 0.3) is 0 Å². The van der Waals surface area contributed by atoms with Gasteiger partial charge in [0, 0.05) is 6.54 Å². The van der Waals surface area contributed by atoms with E-state index in [1.165, 1.54) is 7.11 Å². The molecule has 0 radical (unpaired) electrons. The lowest BCUT2D eigenvalue weighted by molar-refractivity contribution is -0.135. The molecule has 0 aliphatic rings. The van der Waals surface area contributed by atoms with Crippen LogP contribution in [0.2, 0.25) is 0 Å². The third-order valence-corrected chi connectivity index (χ3v) is 2.10. The maximum absolute atomic E-state index is 11.2. The Morgan fingerprint density at radius 2 is 2.12 bits per heavy atom. The lowest BCUT2D eigenvalue weighted by Crippen LogP contribution is -2.24. The molecule has 17 heavy (non-hydrogen) atoms. The highest BCUT2D eigenvalue weighted by atomic mass is 16.5. The van der Waals surface area contributed by atoms with Gasteiger partial charge in [-0.25, -0.2) is 4.79 Å². The standard InChI is InChI=1S/C12H13N3O2/c1-17-12(16)10(7-13)11(14)15-8-9-5-3-2-4-6-9/h2-6,15H,8,14H2,1H3/b11-10-. The molecule has 0 aliphatic carbocycles. The molecule has 0 heterocycles. The zero-order valence-electron chi connectivity index (χ0n) is 9.43. The van der Waals surface area contributed by atoms with E-state index in [0.29, 0.717) is 6.54 Å². The first-order valence-corrected chi connectivity index (χ1v) is 4.95. The Hall–Kier alpha value is -2.48. The van der Waals surface area contributed by atoms with Crippen molar-refractivity contribution >= 4 is 5.97 Å². The third-order valence-electron chi connectivity index (χ3n) is 2.10. The second-order valence-corrected chi connectivity index (χ2v) is 3.23. The highest BCUT2D eigenvalue weighted by Crippen LogP contribution is 2.01. The van der Waals surface area contributed by atoms with E-state index in [0.717, 1.165) is 5.56 Å². The Bertz CT molecular complexity index is 460. The van der Waals surface area contributed by atoms with Crippen molar-refractivity contribution in [3.63, 3.8) is 0 Å². The van der Waals surface area contributed by atoms with Gasteiger partial charge in [-0.1, -0.05) is 30.3 Å². The van der Waals surface area contributed by atoms with Crippen LogP contribution in [0, 0.1) is 11.3 Å². The number of nitriles is 1. The van der Waals surface area contributed by atoms with Crippen molar-refractivity contribution < 1.29 is 9.53 Å². The fourth-order valence-corrected chi connectivity index (χ4v) is 1.20. The van der Waals surface area contributed by atoms with Crippen LogP contribution in [0.1, 0.15) is 5.56 Å². The van der Waals surface area contributed by atoms with Crippen LogP contribution < -0.4 is 11.1 Å². The molecule has 0 aromatic heterocycles. The Morgan fingerprint density at radius 3 is 2.65 bits per heavy atom. The van der Waals surface area contributed by atoms with Crippen LogP contribution >= 0.6 is 0 Å². The van der Waals surface area contributed by atoms with Crippen molar-refractivity contribution in [1.82, 2.24) is 5.32 Å². The molecule has 1 rings (SSSR count). The predicted molar refractivity (Wildman–Crippen MR) is 62.1 cm³/mol. The second-order valence-electron chi connectivity index (χ2n) is 3.23. The number of hydrogen-bond acceptors (Lipinski definition) is 5. The minimum absolute atomic E-state index is 0.0169. The van der Waals surface area contributed by atoms with E-state index in [1.807, 2.05) is 30.3 Å². The number of carbonyl (C=O) groups excluding carboxylic acids is 1. The van der Waals surface area contributed by atoms with Gasteiger partial charge in [0.05, 0.1) is 7.11 Å². The van der Waals surface area contributed by atoms with E-state index >= 15 is 0 Å². The molecule has 0 saturated carbocycles. The summed E-state index contributed by atoms with van der Waals surface area (Å²) in [4.78, 5) is 11.2. The summed E-state index contributed by atoms with van der Waals surface area (Å²) in [5.74, 6) is -0.728. The molecule has 0 unspecified atom stereocenters. The van der Waals surface area contributed by atoms with Crippen molar-refractivity contribution in [2.45, 2.75) is 6.54 Å². The molecule has 1 aromatic carbocycles. The fourth-order valence-electron chi connectivity index (χ4n) is 1.20. The molecule has 0 atom stereocenters. The van der Waals surface area contributed by atoms with Crippen molar-refractivity contribution in [2.24, 2.45) is 5.73 Å². The number of carbonyl (C=O) groups is 1. The first-order chi connectivity index (χ1) is 8.19. The minimum atomic E-state index is -0.745. The topological polar surface area (TPSA) is 88.1 Å². The fraction of sp³-hybridized carbons (Fsp3) is 0.167. The van der Waals surface area contributed by atoms with Gasteiger partial charge in [0.2, 0.25) is 0 Å². The van der Waals surface area contributed by atoms with Gasteiger partial charge in [-0.2, -0.15) is 5.26 Å². The number of benzene rings is 1. The van der Waals surface area contributed by atoms with Gasteiger partial charge >= 0.3 is 5.97 Å². The van der Waals surface area contributed by atoms with Gasteiger partial charge in [0.15, 0.2) is 5.57 Å². The van der Waals surface area contributed by atoms with Gasteiger partial charge in [-0.15, -0.1) is 0 Å². The number of hydrogen-bond donors (Lipinski definition) is 2. The van der Waals surface area contributed by atoms with Gasteiger partial charge in [0.1, 0.15) is 11.9 Å². The van der Waals surface area contributed by atoms with Crippen molar-refractivity contribution in [2.75, 3.05) is 7.11 Å². The van der Waals surface area contributed by atoms with Crippen LogP contribution in [0.5, 0.6) is 0 Å². The maximum Gasteiger partial charge on any atom is 0.352 e. The van der Waals surface area contributed by atoms with Crippen LogP contribution in [-0.2, 0) is 16.1 Å². The van der Waals surface area contributed by atoms with Gasteiger partial charge in [-0.3, -0.25) is 0 Å². The monoisotopic (exact) mass is 231 g/mol. The first-order valence-electron chi connectivity index (χ1n) is 4.95. The summed E-state index contributed by atoms with van der Waals surface area (Å²) in [6.07, 6.45) is 0. The molecule has 88 valence electrons. The Labute approximate surface area is 99.5 Å². The van der Waals surface area contributed by atoms with Gasteiger partial charge in [-0.05, 0) is 5.56 Å². The zero-order chi connectivity index (χ0) is 12.7. The smallest absolute Gasteiger partial charge is 0.352 e. The number of methoxy groups -OCH3 is 1. The number of nitrogens with zero attached hydrogens (tertiary/aromatic N) is 1. The highest BCUT2D eigenvalue weighted by Gasteiger charge is 2.13. The number of rotatable bonds is 4. The molecule has 0 spiro atoms. The lowest BCUT2D eigenvalue weighted by Gasteiger charge is -2.07. The molecule has 1 aromatic rings. The number of nitrogens with one attached hydrogen (secondary N) is 1. The zero-order valence-corrected chi connectivity index (χ0v) is 9.43. The van der Waals surface area contributed by atoms with Crippen LogP contribution in [-0.4, -0.2) is 13.1 Å². The summed E-state index contributed by atoms with van der Waals surface area (Å²) in [5, 5.41) is 11.6. The minimum Gasteiger partial charge on any atom is -0.465 e. The SMILES string of the molecule is COC(=O)/C(C#N)=C(/N)NCc1ccccc1. The summed E-state index contributed by atoms with van der Waals surface area (Å²) in [7, 11) is 1.20. The number of esters is 1. The highest BCUT2D eigenvalue weighted by molar-refractivity contribution is 5.93. The Kier molecular flexibility index (Phi) is 4.58. The third kappa shape index (κ3) is 3.54. The van der Waals surface area contributed by atoms with E-state index in [2.05, 4.69) is 10.1 Å². The van der Waals surface area contributed by atoms with E-state index in [9.17, 15) is 4.79 Å². The molecular formula is C12H13N3O2. The summed E-state index contributed by atoms with van der Waals surface area (Å²) >= 11 is 0. The van der Waals surface area contributed by atoms with Crippen LogP contribution in [0.3, 0.4) is 0 Å². The Balaban J connectivity index is 2.71. The summed E-state index contributed by atoms with van der Waals surface area (Å²) < 4.78 is 4.44. The van der Waals surface area contributed by atoms with Crippen LogP contribution in [0.25, 0.3) is 0 Å². The molecule has 0 bridgehead atoms. The summed E-state index contributed by atoms with van der Waals surface area (Å²) in [6.45, 7) is 0.439. The Morgan fingerprint density at radius 1 is 1.47 bits per heavy atom. The molecule has 5 nitrogen and oxygen atoms in total. The second kappa shape index (κ2) is 6.18. The van der Waals surface area contributed by atoms with E-state index in [-0.39, 0.29) is 11.4 Å². The molecule has 0 amide bonds. The van der Waals surface area contributed by atoms with Crippen molar-refractivity contribution in [1.29, 1.82) is 5.26 Å². The van der Waals surface area contributed by atoms with Crippen molar-refractivity contribution in [3.8, 4) is 6.07 Å². The molecule has 0 aliphatic heterocycles. The summed E-state index contributed by atoms with van der Waals surface area (Å²) in [6, 6.07) is 11.2. The van der Waals surface area contributed by atoms with Gasteiger partial charge < -0.3 is 15.8 Å². The molecular weight excluding hydrogens is 218 g/mol. The molecule has 3 N–H and O–H groups in total. The number of ether oxygens (including phenoxy) is 1. The summed E-state index contributed by atoms with van der Waals surface area (Å²) in [5.41, 5.74) is 6.38. The van der Waals surface area contributed by atoms with Crippen molar-refractivity contribution in [3.05, 3.63) is 47.3 Å². The lowest BCUT2D eigenvalue weighted by atomic mass is 10.2. The maximum atomic E-state index is 11.2. The largest absolute Gasteiger partial charge is 0.465 e. The molecule has 0 fully saturated rings. The predicted octanol–water partition coefficient (Wildman–Crippen LogP) is 0.643. The van der Waals surface area contributed by atoms with E-state index < -0.39 is 5.97 Å². The van der Waals surface area contributed by atoms with E-state index in [1.54, 1.807) is 6.07 Å². The normalized spacial score (nSPS) is 11.1. The average Bonchev–Trinajstić information content (AvgIpc) is 2.38. The van der Waals surface area contributed by atoms with Crippen LogP contribution in [0.15, 0.2) is 41.7 Å². The average molecular weight is 231 g/mol. The van der Waals surface area contributed by atoms with E-state index in [4.69, 9.17) is 11.0 Å². The molecule has 0 saturated heterocycles. The quantitative estimate of drug-likeness (QED) is 0.451. The first kappa shape index (κ1) is 12.6. The number of nitrogens with two attached hydrogens (primary N) is 1.